The lowest BCUT2D eigenvalue weighted by Crippen LogP contribution is -2.05. The molecule has 0 radical (unpaired) electrons. The normalized spacial score (nSPS) is 12.3. The number of rotatable bonds is 49. The molecule has 0 fully saturated rings. The van der Waals surface area contributed by atoms with Crippen LogP contribution in [0.5, 0.6) is 0 Å². The van der Waals surface area contributed by atoms with Gasteiger partial charge in [-0.25, -0.2) is 0 Å². The number of unbranched alkanes of at least 4 members (excludes halogenated alkanes) is 40. The van der Waals surface area contributed by atoms with Gasteiger partial charge in [-0.1, -0.05) is 283 Å². The predicted molar refractivity (Wildman–Crippen MR) is 253 cm³/mol. The zero-order valence-corrected chi connectivity index (χ0v) is 39.3. The Hall–Kier alpha value is -0.790. The second-order valence-corrected chi connectivity index (χ2v) is 18.5. The molecule has 0 aromatic carbocycles. The van der Waals surface area contributed by atoms with Crippen LogP contribution in [0.15, 0.2) is 12.2 Å². The van der Waals surface area contributed by atoms with Gasteiger partial charge >= 0.3 is 5.97 Å². The first kappa shape index (κ1) is 55.2. The molecule has 0 aliphatic heterocycles. The second-order valence-electron chi connectivity index (χ2n) is 18.5. The van der Waals surface area contributed by atoms with Crippen LogP contribution in [-0.2, 0) is 9.53 Å². The van der Waals surface area contributed by atoms with Crippen molar-refractivity contribution >= 4 is 5.97 Å². The summed E-state index contributed by atoms with van der Waals surface area (Å²) in [5, 5.41) is 0. The van der Waals surface area contributed by atoms with E-state index in [2.05, 4.69) is 32.9 Å². The van der Waals surface area contributed by atoms with E-state index in [0.717, 1.165) is 18.8 Å². The monoisotopic (exact) mass is 787 g/mol. The molecule has 0 N–H and O–H groups in total. The Morgan fingerprint density at radius 3 is 1.00 bits per heavy atom. The molecule has 1 atom stereocenters. The van der Waals surface area contributed by atoms with Gasteiger partial charge in [-0.2, -0.15) is 0 Å². The predicted octanol–water partition coefficient (Wildman–Crippen LogP) is 19.7. The highest BCUT2D eigenvalue weighted by atomic mass is 16.5. The third-order valence-corrected chi connectivity index (χ3v) is 12.7. The van der Waals surface area contributed by atoms with Crippen LogP contribution in [0.1, 0.15) is 316 Å². The summed E-state index contributed by atoms with van der Waals surface area (Å²) in [7, 11) is 0. The Labute approximate surface area is 355 Å². The van der Waals surface area contributed by atoms with Crippen molar-refractivity contribution in [3.63, 3.8) is 0 Å². The summed E-state index contributed by atoms with van der Waals surface area (Å²) in [6, 6.07) is 0. The van der Waals surface area contributed by atoms with E-state index >= 15 is 0 Å². The van der Waals surface area contributed by atoms with Crippen molar-refractivity contribution in [1.29, 1.82) is 0 Å². The molecule has 0 bridgehead atoms. The Bertz CT molecular complexity index is 743. The summed E-state index contributed by atoms with van der Waals surface area (Å²) in [6.07, 6.45) is 67.8. The van der Waals surface area contributed by atoms with E-state index in [1.807, 2.05) is 0 Å². The van der Waals surface area contributed by atoms with Crippen molar-refractivity contribution < 1.29 is 9.53 Å². The van der Waals surface area contributed by atoms with Crippen molar-refractivity contribution in [3.8, 4) is 0 Å². The lowest BCUT2D eigenvalue weighted by molar-refractivity contribution is -0.143. The first-order valence-electron chi connectivity index (χ1n) is 26.5. The zero-order valence-electron chi connectivity index (χ0n) is 39.3. The lowest BCUT2D eigenvalue weighted by Gasteiger charge is -2.07. The highest BCUT2D eigenvalue weighted by Crippen LogP contribution is 2.18. The maximum Gasteiger partial charge on any atom is 0.305 e. The van der Waals surface area contributed by atoms with E-state index in [0.29, 0.717) is 13.0 Å². The van der Waals surface area contributed by atoms with Gasteiger partial charge in [-0.05, 0) is 44.4 Å². The van der Waals surface area contributed by atoms with Gasteiger partial charge in [0.05, 0.1) is 6.61 Å². The molecule has 0 spiro atoms. The molecule has 0 heterocycles. The van der Waals surface area contributed by atoms with Crippen molar-refractivity contribution in [2.45, 2.75) is 316 Å². The SMILES string of the molecule is CCCCCCCC/C=C/CCCCCCCCCCCCCC(=O)OCCCCCCCCCCCCCCCCCCCCCCCCCCC(C)CC. The molecule has 0 amide bonds. The second kappa shape index (κ2) is 50.4. The zero-order chi connectivity index (χ0) is 40.5. The van der Waals surface area contributed by atoms with Crippen molar-refractivity contribution in [2.75, 3.05) is 6.61 Å². The quantitative estimate of drug-likeness (QED) is 0.0349. The van der Waals surface area contributed by atoms with Gasteiger partial charge in [0.1, 0.15) is 0 Å². The number of allylic oxidation sites excluding steroid dienone is 2. The van der Waals surface area contributed by atoms with E-state index in [-0.39, 0.29) is 5.97 Å². The molecule has 334 valence electrons. The summed E-state index contributed by atoms with van der Waals surface area (Å²) < 4.78 is 5.50. The minimum atomic E-state index is 0.0305. The standard InChI is InChI=1S/C54H106O2/c1-4-6-7-8-9-10-11-12-13-14-15-20-24-27-30-33-36-39-42-45-48-51-54(55)56-52-49-46-43-40-37-34-31-28-25-22-19-17-16-18-21-23-26-29-32-35-38-41-44-47-50-53(3)5-2/h12-13,53H,4-11,14-52H2,1-3H3/b13-12+. The van der Waals surface area contributed by atoms with E-state index in [1.165, 1.54) is 276 Å². The first-order chi connectivity index (χ1) is 27.7. The molecule has 0 aromatic heterocycles. The van der Waals surface area contributed by atoms with Gasteiger partial charge in [-0.3, -0.25) is 4.79 Å². The highest BCUT2D eigenvalue weighted by Gasteiger charge is 2.03. The summed E-state index contributed by atoms with van der Waals surface area (Å²) in [6.45, 7) is 7.65. The van der Waals surface area contributed by atoms with Crippen LogP contribution in [0.25, 0.3) is 0 Å². The van der Waals surface area contributed by atoms with Gasteiger partial charge in [0.25, 0.3) is 0 Å². The van der Waals surface area contributed by atoms with E-state index in [9.17, 15) is 4.79 Å². The molecule has 0 aliphatic carbocycles. The minimum absolute atomic E-state index is 0.0305. The van der Waals surface area contributed by atoms with Gasteiger partial charge < -0.3 is 4.74 Å². The van der Waals surface area contributed by atoms with Crippen molar-refractivity contribution in [3.05, 3.63) is 12.2 Å². The molecular formula is C54H106O2. The molecule has 0 saturated heterocycles. The van der Waals surface area contributed by atoms with Gasteiger partial charge in [0, 0.05) is 6.42 Å². The Morgan fingerprint density at radius 1 is 0.375 bits per heavy atom. The number of hydrogen-bond donors (Lipinski definition) is 0. The molecule has 0 aromatic rings. The van der Waals surface area contributed by atoms with Crippen LogP contribution < -0.4 is 0 Å². The Morgan fingerprint density at radius 2 is 0.661 bits per heavy atom. The topological polar surface area (TPSA) is 26.3 Å². The van der Waals surface area contributed by atoms with Gasteiger partial charge in [-0.15, -0.1) is 0 Å². The highest BCUT2D eigenvalue weighted by molar-refractivity contribution is 5.69. The average Bonchev–Trinajstić information content (AvgIpc) is 3.20. The van der Waals surface area contributed by atoms with E-state index in [1.54, 1.807) is 0 Å². The molecule has 1 unspecified atom stereocenters. The van der Waals surface area contributed by atoms with E-state index < -0.39 is 0 Å². The van der Waals surface area contributed by atoms with Crippen LogP contribution >= 0.6 is 0 Å². The average molecular weight is 787 g/mol. The molecular weight excluding hydrogens is 681 g/mol. The maximum atomic E-state index is 12.1. The number of hydrogen-bond acceptors (Lipinski definition) is 2. The smallest absolute Gasteiger partial charge is 0.305 e. The number of ether oxygens (including phenoxy) is 1. The summed E-state index contributed by atoms with van der Waals surface area (Å²) >= 11 is 0. The number of carbonyl (C=O) groups is 1. The molecule has 2 heteroatoms. The fourth-order valence-corrected chi connectivity index (χ4v) is 8.35. The minimum Gasteiger partial charge on any atom is -0.466 e. The third-order valence-electron chi connectivity index (χ3n) is 12.7. The number of esters is 1. The van der Waals surface area contributed by atoms with Crippen molar-refractivity contribution in [1.82, 2.24) is 0 Å². The molecule has 2 nitrogen and oxygen atoms in total. The summed E-state index contributed by atoms with van der Waals surface area (Å²) in [5.74, 6) is 0.967. The van der Waals surface area contributed by atoms with Crippen LogP contribution in [0.3, 0.4) is 0 Å². The summed E-state index contributed by atoms with van der Waals surface area (Å²) in [4.78, 5) is 12.1. The van der Waals surface area contributed by atoms with E-state index in [4.69, 9.17) is 4.74 Å². The Balaban J connectivity index is 3.17. The molecule has 0 saturated carbocycles. The van der Waals surface area contributed by atoms with Crippen LogP contribution in [0, 0.1) is 5.92 Å². The number of carbonyl (C=O) groups excluding carboxylic acids is 1. The van der Waals surface area contributed by atoms with Crippen LogP contribution in [0.2, 0.25) is 0 Å². The molecule has 56 heavy (non-hydrogen) atoms. The third kappa shape index (κ3) is 49.4. The largest absolute Gasteiger partial charge is 0.466 e. The molecule has 0 rings (SSSR count). The lowest BCUT2D eigenvalue weighted by atomic mass is 9.99. The molecule has 0 aliphatic rings. The van der Waals surface area contributed by atoms with Gasteiger partial charge in [0.15, 0.2) is 0 Å². The maximum absolute atomic E-state index is 12.1. The first-order valence-corrected chi connectivity index (χ1v) is 26.5. The van der Waals surface area contributed by atoms with Crippen LogP contribution in [-0.4, -0.2) is 12.6 Å². The summed E-state index contributed by atoms with van der Waals surface area (Å²) in [5.41, 5.74) is 0. The van der Waals surface area contributed by atoms with Crippen LogP contribution in [0.4, 0.5) is 0 Å². The van der Waals surface area contributed by atoms with Gasteiger partial charge in [0.2, 0.25) is 0 Å². The van der Waals surface area contributed by atoms with Crippen molar-refractivity contribution in [2.24, 2.45) is 5.92 Å². The Kier molecular flexibility index (Phi) is 49.6. The fraction of sp³-hybridized carbons (Fsp3) is 0.944. The fourth-order valence-electron chi connectivity index (χ4n) is 8.35.